The van der Waals surface area contributed by atoms with E-state index in [1.807, 2.05) is 13.8 Å². The number of aromatic nitrogens is 1. The minimum absolute atomic E-state index is 0.0437. The number of H-pyrrole nitrogens is 1. The van der Waals surface area contributed by atoms with E-state index in [1.54, 1.807) is 13.0 Å². The highest BCUT2D eigenvalue weighted by atomic mass is 35.5. The molecule has 0 bridgehead atoms. The van der Waals surface area contributed by atoms with Crippen LogP contribution in [0.15, 0.2) is 36.4 Å². The third kappa shape index (κ3) is 5.97. The van der Waals surface area contributed by atoms with Gasteiger partial charge in [0.15, 0.2) is 11.6 Å². The summed E-state index contributed by atoms with van der Waals surface area (Å²) in [5, 5.41) is 5.76. The molecule has 0 aliphatic heterocycles. The first-order valence-electron chi connectivity index (χ1n) is 10.0. The van der Waals surface area contributed by atoms with E-state index in [4.69, 9.17) is 33.7 Å². The molecule has 10 heteroatoms. The summed E-state index contributed by atoms with van der Waals surface area (Å²) in [6.45, 7) is 5.23. The van der Waals surface area contributed by atoms with Crippen molar-refractivity contribution in [2.45, 2.75) is 33.4 Å². The summed E-state index contributed by atoms with van der Waals surface area (Å²) >= 11 is 12.1. The molecule has 3 rings (SSSR count). The molecule has 0 spiro atoms. The van der Waals surface area contributed by atoms with Crippen LogP contribution in [0.1, 0.15) is 46.0 Å². The number of carbonyl (C=O) groups excluding carboxylic acids is 2. The average molecular weight is 493 g/mol. The maximum Gasteiger partial charge on any atom is 0.268 e. The summed E-state index contributed by atoms with van der Waals surface area (Å²) in [7, 11) is 0. The van der Waals surface area contributed by atoms with Gasteiger partial charge in [-0.1, -0.05) is 29.3 Å². The number of halogens is 3. The summed E-state index contributed by atoms with van der Waals surface area (Å²) in [6, 6.07) is 8.92. The highest BCUT2D eigenvalue weighted by Crippen LogP contribution is 2.35. The topological polar surface area (TPSA) is 109 Å². The molecule has 5 N–H and O–H groups in total. The number of ether oxygens (including phenoxy) is 1. The third-order valence-corrected chi connectivity index (χ3v) is 5.10. The summed E-state index contributed by atoms with van der Waals surface area (Å²) < 4.78 is 20.7. The number of aromatic amines is 1. The Kier molecular flexibility index (Phi) is 7.50. The average Bonchev–Trinajstić information content (AvgIpc) is 3.11. The Morgan fingerprint density at radius 1 is 1.15 bits per heavy atom. The summed E-state index contributed by atoms with van der Waals surface area (Å²) in [5.41, 5.74) is 7.31. The number of anilines is 1. The highest BCUT2D eigenvalue weighted by Gasteiger charge is 2.19. The van der Waals surface area contributed by atoms with Crippen LogP contribution in [-0.4, -0.2) is 22.8 Å². The van der Waals surface area contributed by atoms with E-state index in [9.17, 15) is 9.59 Å². The quantitative estimate of drug-likeness (QED) is 0.339. The van der Waals surface area contributed by atoms with Crippen LogP contribution in [0.5, 0.6) is 11.5 Å². The fraction of sp³-hybridized carbons (Fsp3) is 0.217. The second-order valence-corrected chi connectivity index (χ2v) is 8.57. The molecule has 1 heterocycles. The van der Waals surface area contributed by atoms with Gasteiger partial charge in [0.25, 0.3) is 11.8 Å². The van der Waals surface area contributed by atoms with Crippen molar-refractivity contribution in [2.75, 3.05) is 5.73 Å². The van der Waals surface area contributed by atoms with Gasteiger partial charge in [-0.25, -0.2) is 4.39 Å². The molecule has 0 radical (unpaired) electrons. The molecule has 174 valence electrons. The van der Waals surface area contributed by atoms with E-state index in [1.165, 1.54) is 30.3 Å². The maximum atomic E-state index is 15.1. The molecule has 2 aromatic carbocycles. The number of hydrogen-bond acceptors (Lipinski definition) is 4. The van der Waals surface area contributed by atoms with Gasteiger partial charge >= 0.3 is 0 Å². The van der Waals surface area contributed by atoms with Gasteiger partial charge in [-0.15, -0.1) is 0 Å². The largest absolute Gasteiger partial charge is 0.453 e. The lowest BCUT2D eigenvalue weighted by Gasteiger charge is -2.13. The predicted molar refractivity (Wildman–Crippen MR) is 127 cm³/mol. The zero-order valence-corrected chi connectivity index (χ0v) is 19.7. The van der Waals surface area contributed by atoms with Crippen molar-refractivity contribution in [1.29, 1.82) is 0 Å². The van der Waals surface area contributed by atoms with Crippen LogP contribution in [0.4, 0.5) is 10.1 Å². The second-order valence-electron chi connectivity index (χ2n) is 7.72. The number of amides is 2. The minimum Gasteiger partial charge on any atom is -0.453 e. The van der Waals surface area contributed by atoms with Gasteiger partial charge in [0.05, 0.1) is 5.02 Å². The lowest BCUT2D eigenvalue weighted by Crippen LogP contribution is -2.30. The Hall–Kier alpha value is -3.23. The SMILES string of the molecule is Cc1cc(C(=O)NC(C)C)[nH]c1C(=O)NCc1ccc(Cl)c(Oc2cc(N)cc(Cl)c2)c1F. The van der Waals surface area contributed by atoms with Crippen molar-refractivity contribution in [3.05, 3.63) is 74.8 Å². The zero-order chi connectivity index (χ0) is 24.3. The number of rotatable bonds is 7. The lowest BCUT2D eigenvalue weighted by atomic mass is 10.2. The fourth-order valence-electron chi connectivity index (χ4n) is 3.08. The van der Waals surface area contributed by atoms with Crippen molar-refractivity contribution >= 4 is 40.7 Å². The van der Waals surface area contributed by atoms with Gasteiger partial charge in [0, 0.05) is 34.9 Å². The van der Waals surface area contributed by atoms with E-state index in [-0.39, 0.29) is 52.0 Å². The van der Waals surface area contributed by atoms with E-state index in [2.05, 4.69) is 15.6 Å². The molecule has 3 aromatic rings. The van der Waals surface area contributed by atoms with Crippen LogP contribution in [0.2, 0.25) is 10.0 Å². The predicted octanol–water partition coefficient (Wildman–Crippen LogP) is 5.21. The molecule has 2 amide bonds. The molecule has 0 saturated heterocycles. The van der Waals surface area contributed by atoms with Crippen LogP contribution in [-0.2, 0) is 6.54 Å². The van der Waals surface area contributed by atoms with E-state index in [0.29, 0.717) is 16.3 Å². The summed E-state index contributed by atoms with van der Waals surface area (Å²) in [5.74, 6) is -1.54. The zero-order valence-electron chi connectivity index (χ0n) is 18.2. The van der Waals surface area contributed by atoms with Gasteiger partial charge in [0.1, 0.15) is 17.1 Å². The molecular formula is C23H23Cl2FN4O3. The standard InChI is InChI=1S/C23H23Cl2FN4O3/c1-11(2)29-22(31)18-6-12(3)20(30-18)23(32)28-10-13-4-5-17(25)21(19(13)26)33-16-8-14(24)7-15(27)9-16/h4-9,11,30H,10,27H2,1-3H3,(H,28,32)(H,29,31). The van der Waals surface area contributed by atoms with Crippen LogP contribution in [0.25, 0.3) is 0 Å². The normalized spacial score (nSPS) is 10.9. The van der Waals surface area contributed by atoms with Crippen molar-refractivity contribution < 1.29 is 18.7 Å². The first-order chi connectivity index (χ1) is 15.5. The molecule has 7 nitrogen and oxygen atoms in total. The highest BCUT2D eigenvalue weighted by molar-refractivity contribution is 6.32. The Morgan fingerprint density at radius 3 is 2.55 bits per heavy atom. The second kappa shape index (κ2) is 10.1. The van der Waals surface area contributed by atoms with Crippen LogP contribution >= 0.6 is 23.2 Å². The number of nitrogen functional groups attached to an aromatic ring is 1. The maximum absolute atomic E-state index is 15.1. The Bertz CT molecular complexity index is 1190. The molecule has 33 heavy (non-hydrogen) atoms. The van der Waals surface area contributed by atoms with E-state index >= 15 is 4.39 Å². The van der Waals surface area contributed by atoms with Crippen LogP contribution < -0.4 is 21.1 Å². The molecule has 0 fully saturated rings. The van der Waals surface area contributed by atoms with Gasteiger partial charge in [-0.05, 0) is 50.6 Å². The Labute approximate surface area is 200 Å². The summed E-state index contributed by atoms with van der Waals surface area (Å²) in [4.78, 5) is 27.6. The first kappa shape index (κ1) is 24.4. The first-order valence-corrected chi connectivity index (χ1v) is 10.8. The number of nitrogens with two attached hydrogens (primary N) is 1. The van der Waals surface area contributed by atoms with Crippen molar-refractivity contribution in [1.82, 2.24) is 15.6 Å². The summed E-state index contributed by atoms with van der Waals surface area (Å²) in [6.07, 6.45) is 0. The van der Waals surface area contributed by atoms with Gasteiger partial charge in [0.2, 0.25) is 0 Å². The van der Waals surface area contributed by atoms with Crippen molar-refractivity contribution in [3.63, 3.8) is 0 Å². The number of carbonyl (C=O) groups is 2. The van der Waals surface area contributed by atoms with E-state index < -0.39 is 11.7 Å². The molecule has 1 aromatic heterocycles. The smallest absolute Gasteiger partial charge is 0.268 e. The molecule has 0 atom stereocenters. The minimum atomic E-state index is -0.735. The molecular weight excluding hydrogens is 470 g/mol. The molecule has 0 aliphatic carbocycles. The fourth-order valence-corrected chi connectivity index (χ4v) is 3.50. The lowest BCUT2D eigenvalue weighted by molar-refractivity contribution is 0.0938. The van der Waals surface area contributed by atoms with Crippen LogP contribution in [0, 0.1) is 12.7 Å². The van der Waals surface area contributed by atoms with Crippen LogP contribution in [0.3, 0.4) is 0 Å². The number of benzene rings is 2. The monoisotopic (exact) mass is 492 g/mol. The van der Waals surface area contributed by atoms with E-state index in [0.717, 1.165) is 0 Å². The Balaban J connectivity index is 1.75. The van der Waals surface area contributed by atoms with Gasteiger partial charge < -0.3 is 26.1 Å². The van der Waals surface area contributed by atoms with Gasteiger partial charge in [-0.3, -0.25) is 9.59 Å². The number of hydrogen-bond donors (Lipinski definition) is 4. The molecule has 0 aliphatic rings. The van der Waals surface area contributed by atoms with Gasteiger partial charge in [-0.2, -0.15) is 0 Å². The number of aryl methyl sites for hydroxylation is 1. The van der Waals surface area contributed by atoms with Crippen molar-refractivity contribution in [3.8, 4) is 11.5 Å². The van der Waals surface area contributed by atoms with Crippen molar-refractivity contribution in [2.24, 2.45) is 0 Å². The third-order valence-electron chi connectivity index (χ3n) is 4.59. The Morgan fingerprint density at radius 2 is 1.88 bits per heavy atom. The molecule has 0 unspecified atom stereocenters. The number of nitrogens with one attached hydrogen (secondary N) is 3. The molecule has 0 saturated carbocycles.